The quantitative estimate of drug-likeness (QED) is 0.661. The highest BCUT2D eigenvalue weighted by atomic mass is 16.5. The van der Waals surface area contributed by atoms with Crippen molar-refractivity contribution in [3.63, 3.8) is 0 Å². The molecule has 1 N–H and O–H groups in total. The summed E-state index contributed by atoms with van der Waals surface area (Å²) in [5, 5.41) is 3.02. The van der Waals surface area contributed by atoms with Crippen molar-refractivity contribution in [2.24, 2.45) is 0 Å². The number of benzene rings is 3. The lowest BCUT2D eigenvalue weighted by Gasteiger charge is -2.34. The summed E-state index contributed by atoms with van der Waals surface area (Å²) in [6.45, 7) is 4.62. The molecule has 1 fully saturated rings. The second-order valence-electron chi connectivity index (χ2n) is 7.47. The maximum absolute atomic E-state index is 12.4. The van der Waals surface area contributed by atoms with Crippen LogP contribution in [0.1, 0.15) is 11.1 Å². The van der Waals surface area contributed by atoms with Crippen molar-refractivity contribution in [1.82, 2.24) is 15.1 Å². The second kappa shape index (κ2) is 9.94. The van der Waals surface area contributed by atoms with Crippen LogP contribution in [-0.2, 0) is 13.1 Å². The molecule has 1 aliphatic rings. The molecule has 0 spiro atoms. The van der Waals surface area contributed by atoms with Gasteiger partial charge in [-0.1, -0.05) is 60.7 Å². The standard InChI is InChI=1S/C25H27N3O2/c29-25(26-19-21-8-3-1-4-9-21)28-16-14-27(15-17-28)20-22-10-7-13-24(18-22)30-23-11-5-2-6-12-23/h1-13,18H,14-17,19-20H2,(H,26,29). The first-order valence-electron chi connectivity index (χ1n) is 10.4. The molecule has 5 heteroatoms. The number of urea groups is 1. The third-order valence-corrected chi connectivity index (χ3v) is 5.23. The molecule has 5 nitrogen and oxygen atoms in total. The van der Waals surface area contributed by atoms with E-state index in [0.717, 1.165) is 49.8 Å². The van der Waals surface area contributed by atoms with Gasteiger partial charge in [-0.2, -0.15) is 0 Å². The number of carbonyl (C=O) groups excluding carboxylic acids is 1. The van der Waals surface area contributed by atoms with Crippen molar-refractivity contribution < 1.29 is 9.53 Å². The first-order valence-corrected chi connectivity index (χ1v) is 10.4. The summed E-state index contributed by atoms with van der Waals surface area (Å²) in [7, 11) is 0. The lowest BCUT2D eigenvalue weighted by Crippen LogP contribution is -2.51. The number of amides is 2. The van der Waals surface area contributed by atoms with Crippen LogP contribution in [-0.4, -0.2) is 42.0 Å². The highest BCUT2D eigenvalue weighted by Gasteiger charge is 2.21. The summed E-state index contributed by atoms with van der Waals surface area (Å²) in [5.41, 5.74) is 2.33. The molecule has 0 atom stereocenters. The van der Waals surface area contributed by atoms with Gasteiger partial charge in [0, 0.05) is 39.3 Å². The minimum Gasteiger partial charge on any atom is -0.457 e. The van der Waals surface area contributed by atoms with Crippen LogP contribution in [0.25, 0.3) is 0 Å². The Balaban J connectivity index is 1.24. The number of hydrogen-bond acceptors (Lipinski definition) is 3. The first kappa shape index (κ1) is 20.0. The third kappa shape index (κ3) is 5.61. The molecule has 1 aliphatic heterocycles. The fourth-order valence-electron chi connectivity index (χ4n) is 3.58. The molecule has 3 aromatic rings. The molecule has 154 valence electrons. The van der Waals surface area contributed by atoms with Gasteiger partial charge in [0.15, 0.2) is 0 Å². The Bertz CT molecular complexity index is 939. The summed E-state index contributed by atoms with van der Waals surface area (Å²) < 4.78 is 5.94. The molecule has 3 aromatic carbocycles. The molecule has 4 rings (SSSR count). The Morgan fingerprint density at radius 2 is 1.40 bits per heavy atom. The van der Waals surface area contributed by atoms with Crippen molar-refractivity contribution in [3.8, 4) is 11.5 Å². The Morgan fingerprint density at radius 1 is 0.767 bits per heavy atom. The zero-order chi connectivity index (χ0) is 20.6. The van der Waals surface area contributed by atoms with E-state index in [1.807, 2.05) is 77.7 Å². The van der Waals surface area contributed by atoms with E-state index in [1.165, 1.54) is 5.56 Å². The van der Waals surface area contributed by atoms with Gasteiger partial charge in [-0.15, -0.1) is 0 Å². The van der Waals surface area contributed by atoms with Gasteiger partial charge in [-0.25, -0.2) is 4.79 Å². The molecular formula is C25H27N3O2. The minimum absolute atomic E-state index is 0.0109. The number of carbonyl (C=O) groups is 1. The maximum Gasteiger partial charge on any atom is 0.317 e. The Kier molecular flexibility index (Phi) is 6.62. The van der Waals surface area contributed by atoms with Gasteiger partial charge in [0.05, 0.1) is 0 Å². The van der Waals surface area contributed by atoms with E-state index < -0.39 is 0 Å². The third-order valence-electron chi connectivity index (χ3n) is 5.23. The highest BCUT2D eigenvalue weighted by molar-refractivity contribution is 5.74. The van der Waals surface area contributed by atoms with Crippen LogP contribution in [0.15, 0.2) is 84.9 Å². The lowest BCUT2D eigenvalue weighted by atomic mass is 10.2. The number of hydrogen-bond donors (Lipinski definition) is 1. The molecule has 0 saturated carbocycles. The van der Waals surface area contributed by atoms with Gasteiger partial charge >= 0.3 is 6.03 Å². The van der Waals surface area contributed by atoms with E-state index in [2.05, 4.69) is 22.3 Å². The number of ether oxygens (including phenoxy) is 1. The lowest BCUT2D eigenvalue weighted by molar-refractivity contribution is 0.135. The molecule has 30 heavy (non-hydrogen) atoms. The summed E-state index contributed by atoms with van der Waals surface area (Å²) in [4.78, 5) is 16.7. The van der Waals surface area contributed by atoms with Crippen LogP contribution in [0.2, 0.25) is 0 Å². The molecule has 0 unspecified atom stereocenters. The molecule has 1 saturated heterocycles. The average molecular weight is 402 g/mol. The van der Waals surface area contributed by atoms with Crippen LogP contribution < -0.4 is 10.1 Å². The summed E-state index contributed by atoms with van der Waals surface area (Å²) in [6.07, 6.45) is 0. The van der Waals surface area contributed by atoms with Crippen molar-refractivity contribution in [2.75, 3.05) is 26.2 Å². The zero-order valence-corrected chi connectivity index (χ0v) is 17.0. The molecule has 0 aliphatic carbocycles. The van der Waals surface area contributed by atoms with E-state index in [9.17, 15) is 4.79 Å². The number of piperazine rings is 1. The monoisotopic (exact) mass is 401 g/mol. The van der Waals surface area contributed by atoms with E-state index in [0.29, 0.717) is 6.54 Å². The smallest absolute Gasteiger partial charge is 0.317 e. The van der Waals surface area contributed by atoms with Gasteiger partial charge in [-0.05, 0) is 35.4 Å². The van der Waals surface area contributed by atoms with Gasteiger partial charge in [-0.3, -0.25) is 4.90 Å². The number of nitrogens with one attached hydrogen (secondary N) is 1. The summed E-state index contributed by atoms with van der Waals surface area (Å²) >= 11 is 0. The fraction of sp³-hybridized carbons (Fsp3) is 0.240. The van der Waals surface area contributed by atoms with Gasteiger partial charge in [0.25, 0.3) is 0 Å². The number of nitrogens with zero attached hydrogens (tertiary/aromatic N) is 2. The average Bonchev–Trinajstić information content (AvgIpc) is 2.80. The minimum atomic E-state index is 0.0109. The highest BCUT2D eigenvalue weighted by Crippen LogP contribution is 2.22. The topological polar surface area (TPSA) is 44.8 Å². The molecule has 1 heterocycles. The predicted octanol–water partition coefficient (Wildman–Crippen LogP) is 4.51. The fourth-order valence-corrected chi connectivity index (χ4v) is 3.58. The van der Waals surface area contributed by atoms with Crippen molar-refractivity contribution in [1.29, 1.82) is 0 Å². The van der Waals surface area contributed by atoms with Crippen LogP contribution in [0.5, 0.6) is 11.5 Å². The van der Waals surface area contributed by atoms with E-state index in [4.69, 9.17) is 4.74 Å². The zero-order valence-electron chi connectivity index (χ0n) is 17.0. The van der Waals surface area contributed by atoms with Gasteiger partial charge in [0.1, 0.15) is 11.5 Å². The molecule has 2 amide bonds. The first-order chi connectivity index (χ1) is 14.8. The van der Waals surface area contributed by atoms with Crippen molar-refractivity contribution in [2.45, 2.75) is 13.1 Å². The molecular weight excluding hydrogens is 374 g/mol. The Hall–Kier alpha value is -3.31. The number of para-hydroxylation sites is 1. The SMILES string of the molecule is O=C(NCc1ccccc1)N1CCN(Cc2cccc(Oc3ccccc3)c2)CC1. The van der Waals surface area contributed by atoms with Crippen molar-refractivity contribution >= 4 is 6.03 Å². The predicted molar refractivity (Wildman–Crippen MR) is 118 cm³/mol. The van der Waals surface area contributed by atoms with E-state index in [-0.39, 0.29) is 6.03 Å². The van der Waals surface area contributed by atoms with Crippen molar-refractivity contribution in [3.05, 3.63) is 96.1 Å². The maximum atomic E-state index is 12.4. The molecule has 0 bridgehead atoms. The van der Waals surface area contributed by atoms with E-state index in [1.54, 1.807) is 0 Å². The van der Waals surface area contributed by atoms with E-state index >= 15 is 0 Å². The second-order valence-corrected chi connectivity index (χ2v) is 7.47. The van der Waals surface area contributed by atoms with Crippen LogP contribution in [0.4, 0.5) is 4.79 Å². The van der Waals surface area contributed by atoms with Crippen LogP contribution in [0, 0.1) is 0 Å². The number of rotatable bonds is 6. The Labute approximate surface area is 177 Å². The summed E-state index contributed by atoms with van der Waals surface area (Å²) in [6, 6.07) is 28.0. The van der Waals surface area contributed by atoms with Gasteiger partial charge < -0.3 is 15.0 Å². The van der Waals surface area contributed by atoms with Gasteiger partial charge in [0.2, 0.25) is 0 Å². The Morgan fingerprint density at radius 3 is 2.13 bits per heavy atom. The normalized spacial score (nSPS) is 14.3. The molecule has 0 aromatic heterocycles. The summed E-state index contributed by atoms with van der Waals surface area (Å²) in [5.74, 6) is 1.68. The van der Waals surface area contributed by atoms with Crippen LogP contribution >= 0.6 is 0 Å². The van der Waals surface area contributed by atoms with Crippen LogP contribution in [0.3, 0.4) is 0 Å². The largest absolute Gasteiger partial charge is 0.457 e. The molecule has 0 radical (unpaired) electrons.